The number of hydrogen-bond acceptors (Lipinski definition) is 4. The predicted octanol–water partition coefficient (Wildman–Crippen LogP) is 1.96. The Bertz CT molecular complexity index is 678. The van der Waals surface area contributed by atoms with E-state index in [2.05, 4.69) is 0 Å². The van der Waals surface area contributed by atoms with Gasteiger partial charge in [0.05, 0.1) is 10.6 Å². The summed E-state index contributed by atoms with van der Waals surface area (Å²) in [5.74, 6) is 0.0924. The molecular weight excluding hydrogens is 344 g/mol. The number of halogens is 1. The van der Waals surface area contributed by atoms with Gasteiger partial charge >= 0.3 is 0 Å². The van der Waals surface area contributed by atoms with E-state index in [1.807, 2.05) is 11.0 Å². The number of amides is 1. The summed E-state index contributed by atoms with van der Waals surface area (Å²) in [5.41, 5.74) is 1.16. The van der Waals surface area contributed by atoms with Crippen molar-refractivity contribution in [3.8, 4) is 0 Å². The predicted molar refractivity (Wildman–Crippen MR) is 87.6 cm³/mol. The molecule has 122 valence electrons. The van der Waals surface area contributed by atoms with Crippen LogP contribution in [-0.2, 0) is 27.8 Å². The van der Waals surface area contributed by atoms with Crippen molar-refractivity contribution in [2.45, 2.75) is 25.8 Å². The number of fused-ring (bicyclic) bond motifs is 1. The van der Waals surface area contributed by atoms with Gasteiger partial charge in [0.2, 0.25) is 15.9 Å². The molecule has 0 aliphatic carbocycles. The van der Waals surface area contributed by atoms with Crippen LogP contribution in [0, 0.1) is 5.92 Å². The van der Waals surface area contributed by atoms with Crippen LogP contribution < -0.4 is 0 Å². The number of carbonyl (C=O) groups is 1. The van der Waals surface area contributed by atoms with Crippen molar-refractivity contribution in [2.24, 2.45) is 5.92 Å². The first-order chi connectivity index (χ1) is 10.3. The molecule has 5 nitrogen and oxygen atoms in total. The van der Waals surface area contributed by atoms with Gasteiger partial charge in [0, 0.05) is 37.0 Å². The molecule has 0 saturated carbocycles. The summed E-state index contributed by atoms with van der Waals surface area (Å²) >= 11 is 7.63. The lowest BCUT2D eigenvalue weighted by molar-refractivity contribution is -0.137. The van der Waals surface area contributed by atoms with Crippen LogP contribution in [0.5, 0.6) is 0 Å². The van der Waals surface area contributed by atoms with Gasteiger partial charge in [-0.15, -0.1) is 11.3 Å². The smallest absolute Gasteiger partial charge is 0.226 e. The van der Waals surface area contributed by atoms with Gasteiger partial charge in [-0.1, -0.05) is 11.6 Å². The Kier molecular flexibility index (Phi) is 4.51. The quantitative estimate of drug-likeness (QED) is 0.808. The summed E-state index contributed by atoms with van der Waals surface area (Å²) in [7, 11) is -3.14. The van der Waals surface area contributed by atoms with Crippen molar-refractivity contribution < 1.29 is 13.2 Å². The van der Waals surface area contributed by atoms with E-state index in [0.29, 0.717) is 32.5 Å². The maximum Gasteiger partial charge on any atom is 0.226 e. The average Bonchev–Trinajstić information content (AvgIpc) is 2.84. The molecule has 22 heavy (non-hydrogen) atoms. The summed E-state index contributed by atoms with van der Waals surface area (Å²) in [6.07, 6.45) is 3.31. The third-order valence-electron chi connectivity index (χ3n) is 4.42. The molecule has 0 radical (unpaired) electrons. The lowest BCUT2D eigenvalue weighted by Crippen LogP contribution is -2.45. The van der Waals surface area contributed by atoms with E-state index >= 15 is 0 Å². The zero-order valence-corrected chi connectivity index (χ0v) is 14.8. The molecule has 1 aromatic heterocycles. The molecule has 0 aromatic carbocycles. The lowest BCUT2D eigenvalue weighted by Gasteiger charge is -2.34. The van der Waals surface area contributed by atoms with E-state index in [-0.39, 0.29) is 11.8 Å². The molecule has 0 bridgehead atoms. The molecule has 1 aromatic rings. The van der Waals surface area contributed by atoms with E-state index in [1.54, 1.807) is 11.3 Å². The van der Waals surface area contributed by atoms with Crippen molar-refractivity contribution in [1.82, 2.24) is 9.21 Å². The third kappa shape index (κ3) is 3.32. The second-order valence-electron chi connectivity index (χ2n) is 5.95. The molecule has 1 amide bonds. The van der Waals surface area contributed by atoms with E-state index in [0.717, 1.165) is 22.9 Å². The number of piperidine rings is 1. The Morgan fingerprint density at radius 3 is 2.64 bits per heavy atom. The highest BCUT2D eigenvalue weighted by atomic mass is 35.5. The molecule has 0 atom stereocenters. The molecule has 2 aliphatic heterocycles. The Morgan fingerprint density at radius 2 is 2.00 bits per heavy atom. The Labute approximate surface area is 139 Å². The topological polar surface area (TPSA) is 57.7 Å². The highest BCUT2D eigenvalue weighted by Gasteiger charge is 2.32. The maximum absolute atomic E-state index is 12.7. The number of thiophene rings is 1. The van der Waals surface area contributed by atoms with Crippen LogP contribution in [0.1, 0.15) is 23.3 Å². The number of hydrogen-bond donors (Lipinski definition) is 0. The molecule has 1 saturated heterocycles. The average molecular weight is 363 g/mol. The van der Waals surface area contributed by atoms with Gasteiger partial charge in [0.15, 0.2) is 0 Å². The Hall–Kier alpha value is -0.630. The molecule has 0 unspecified atom stereocenters. The van der Waals surface area contributed by atoms with E-state index in [4.69, 9.17) is 11.6 Å². The minimum absolute atomic E-state index is 0.0614. The van der Waals surface area contributed by atoms with Gasteiger partial charge in [-0.25, -0.2) is 12.7 Å². The van der Waals surface area contributed by atoms with Gasteiger partial charge in [-0.05, 0) is 30.9 Å². The molecular formula is C14H19ClN2O3S2. The second-order valence-corrected chi connectivity index (χ2v) is 9.70. The van der Waals surface area contributed by atoms with Crippen LogP contribution in [0.25, 0.3) is 0 Å². The van der Waals surface area contributed by atoms with Gasteiger partial charge in [-0.3, -0.25) is 4.79 Å². The van der Waals surface area contributed by atoms with Gasteiger partial charge < -0.3 is 4.90 Å². The molecule has 2 aliphatic rings. The van der Waals surface area contributed by atoms with Crippen LogP contribution in [0.2, 0.25) is 4.34 Å². The van der Waals surface area contributed by atoms with Crippen LogP contribution in [0.4, 0.5) is 0 Å². The van der Waals surface area contributed by atoms with Crippen molar-refractivity contribution in [2.75, 3.05) is 25.9 Å². The summed E-state index contributed by atoms with van der Waals surface area (Å²) < 4.78 is 25.3. The van der Waals surface area contributed by atoms with Crippen LogP contribution in [0.3, 0.4) is 0 Å². The number of sulfonamides is 1. The van der Waals surface area contributed by atoms with Gasteiger partial charge in [0.1, 0.15) is 0 Å². The van der Waals surface area contributed by atoms with Crippen molar-refractivity contribution >= 4 is 38.9 Å². The molecule has 0 spiro atoms. The van der Waals surface area contributed by atoms with Crippen LogP contribution in [0.15, 0.2) is 6.07 Å². The number of carbonyl (C=O) groups excluding carboxylic acids is 1. The minimum atomic E-state index is -3.14. The first-order valence-corrected chi connectivity index (χ1v) is 10.4. The zero-order valence-electron chi connectivity index (χ0n) is 12.4. The summed E-state index contributed by atoms with van der Waals surface area (Å²) in [5, 5.41) is 0. The fourth-order valence-electron chi connectivity index (χ4n) is 3.18. The number of rotatable bonds is 2. The first kappa shape index (κ1) is 16.2. The Morgan fingerprint density at radius 1 is 1.32 bits per heavy atom. The largest absolute Gasteiger partial charge is 0.338 e. The monoisotopic (exact) mass is 362 g/mol. The van der Waals surface area contributed by atoms with E-state index < -0.39 is 10.0 Å². The summed E-state index contributed by atoms with van der Waals surface area (Å²) in [6.45, 7) is 2.25. The van der Waals surface area contributed by atoms with Gasteiger partial charge in [0.25, 0.3) is 0 Å². The SMILES string of the molecule is CS(=O)(=O)N1CCC(C(=O)N2CCc3sc(Cl)cc3C2)CC1. The summed E-state index contributed by atoms with van der Waals surface area (Å²) in [4.78, 5) is 15.8. The zero-order chi connectivity index (χ0) is 15.9. The summed E-state index contributed by atoms with van der Waals surface area (Å²) in [6, 6.07) is 1.95. The minimum Gasteiger partial charge on any atom is -0.338 e. The lowest BCUT2D eigenvalue weighted by atomic mass is 9.95. The molecule has 3 rings (SSSR count). The maximum atomic E-state index is 12.7. The molecule has 3 heterocycles. The van der Waals surface area contributed by atoms with Crippen molar-refractivity contribution in [3.63, 3.8) is 0 Å². The molecule has 1 fully saturated rings. The van der Waals surface area contributed by atoms with Crippen LogP contribution >= 0.6 is 22.9 Å². The van der Waals surface area contributed by atoms with Crippen molar-refractivity contribution in [1.29, 1.82) is 0 Å². The second kappa shape index (κ2) is 6.11. The highest BCUT2D eigenvalue weighted by molar-refractivity contribution is 7.88. The normalized spacial score (nSPS) is 20.9. The van der Waals surface area contributed by atoms with Gasteiger partial charge in [-0.2, -0.15) is 0 Å². The highest BCUT2D eigenvalue weighted by Crippen LogP contribution is 2.32. The molecule has 0 N–H and O–H groups in total. The molecule has 8 heteroatoms. The fraction of sp³-hybridized carbons (Fsp3) is 0.643. The number of nitrogens with zero attached hydrogens (tertiary/aromatic N) is 2. The Balaban J connectivity index is 1.62. The van der Waals surface area contributed by atoms with E-state index in [1.165, 1.54) is 15.4 Å². The fourth-order valence-corrected chi connectivity index (χ4v) is 5.35. The third-order valence-corrected chi connectivity index (χ3v) is 7.09. The van der Waals surface area contributed by atoms with E-state index in [9.17, 15) is 13.2 Å². The van der Waals surface area contributed by atoms with Crippen LogP contribution in [-0.4, -0.2) is 49.4 Å². The van der Waals surface area contributed by atoms with Crippen molar-refractivity contribution in [3.05, 3.63) is 20.8 Å². The first-order valence-electron chi connectivity index (χ1n) is 7.35. The standard InChI is InChI=1S/C14H19ClN2O3S2/c1-22(19,20)17-6-2-10(3-7-17)14(18)16-5-4-12-11(9-16)8-13(15)21-12/h8,10H,2-7,9H2,1H3.